The number of nitrogens with one attached hydrogen (secondary N) is 1. The smallest absolute Gasteiger partial charge is 0.395 e. The fraction of sp³-hybridized carbons (Fsp3) is 0.188. The predicted octanol–water partition coefficient (Wildman–Crippen LogP) is 3.23. The summed E-state index contributed by atoms with van der Waals surface area (Å²) in [5.41, 5.74) is 0.338. The maximum Gasteiger partial charge on any atom is 0.586 e. The number of amides is 1. The maximum absolute atomic E-state index is 13.0. The largest absolute Gasteiger partial charge is 0.586 e. The van der Waals surface area contributed by atoms with Crippen LogP contribution in [0.15, 0.2) is 36.4 Å². The molecule has 1 N–H and O–H groups in total. The number of ether oxygens (including phenoxy) is 2. The molecule has 3 rings (SSSR count). The molecule has 0 unspecified atom stereocenters. The Morgan fingerprint density at radius 1 is 1.15 bits per heavy atom. The highest BCUT2D eigenvalue weighted by Gasteiger charge is 2.43. The van der Waals surface area contributed by atoms with Gasteiger partial charge < -0.3 is 19.7 Å². The molecule has 2 aromatic carbocycles. The molecule has 2 aromatic rings. The average molecular weight is 365 g/mol. The normalized spacial score (nSPS) is 14.0. The lowest BCUT2D eigenvalue weighted by Gasteiger charge is -2.13. The molecule has 0 saturated carbocycles. The monoisotopic (exact) mass is 365 g/mol. The number of rotatable bonds is 4. The van der Waals surface area contributed by atoms with E-state index in [1.54, 1.807) is 19.0 Å². The second kappa shape index (κ2) is 6.14. The van der Waals surface area contributed by atoms with Gasteiger partial charge in [0.2, 0.25) is 0 Å². The Hall–Kier alpha value is -3.43. The quantitative estimate of drug-likeness (QED) is 0.660. The first-order valence-electron chi connectivity index (χ1n) is 7.33. The summed E-state index contributed by atoms with van der Waals surface area (Å²) in [4.78, 5) is 24.5. The van der Waals surface area contributed by atoms with E-state index in [-0.39, 0.29) is 28.4 Å². The molecule has 0 bridgehead atoms. The fourth-order valence-electron chi connectivity index (χ4n) is 2.42. The van der Waals surface area contributed by atoms with Gasteiger partial charge in [0, 0.05) is 37.5 Å². The molecule has 1 aliphatic heterocycles. The fourth-order valence-corrected chi connectivity index (χ4v) is 2.42. The minimum atomic E-state index is -3.76. The molecule has 1 aliphatic rings. The van der Waals surface area contributed by atoms with Crippen LogP contribution in [0, 0.1) is 10.1 Å². The van der Waals surface area contributed by atoms with E-state index < -0.39 is 17.1 Å². The first-order chi connectivity index (χ1) is 12.2. The summed E-state index contributed by atoms with van der Waals surface area (Å²) in [7, 11) is 3.29. The lowest BCUT2D eigenvalue weighted by molar-refractivity contribution is -0.384. The van der Waals surface area contributed by atoms with Crippen LogP contribution in [0.3, 0.4) is 0 Å². The molecule has 0 aliphatic carbocycles. The van der Waals surface area contributed by atoms with E-state index in [9.17, 15) is 23.7 Å². The number of hydrogen-bond donors (Lipinski definition) is 1. The number of anilines is 2. The summed E-state index contributed by atoms with van der Waals surface area (Å²) in [6, 6.07) is 7.78. The number of halogens is 2. The van der Waals surface area contributed by atoms with Gasteiger partial charge >= 0.3 is 6.29 Å². The third-order valence-corrected chi connectivity index (χ3v) is 3.58. The van der Waals surface area contributed by atoms with Crippen molar-refractivity contribution in [1.29, 1.82) is 0 Å². The second-order valence-corrected chi connectivity index (χ2v) is 5.64. The van der Waals surface area contributed by atoms with Crippen LogP contribution >= 0.6 is 0 Å². The first kappa shape index (κ1) is 17.4. The van der Waals surface area contributed by atoms with Crippen LogP contribution in [0.4, 0.5) is 25.8 Å². The number of fused-ring (bicyclic) bond motifs is 1. The van der Waals surface area contributed by atoms with Gasteiger partial charge in [-0.1, -0.05) is 0 Å². The zero-order valence-corrected chi connectivity index (χ0v) is 13.7. The Morgan fingerprint density at radius 3 is 2.50 bits per heavy atom. The van der Waals surface area contributed by atoms with Gasteiger partial charge in [-0.15, -0.1) is 8.78 Å². The molecular formula is C16H13F2N3O5. The predicted molar refractivity (Wildman–Crippen MR) is 88.0 cm³/mol. The van der Waals surface area contributed by atoms with Crippen LogP contribution in [0.1, 0.15) is 10.4 Å². The number of nitro benzene ring substituents is 1. The Kier molecular flexibility index (Phi) is 4.10. The molecule has 0 aromatic heterocycles. The van der Waals surface area contributed by atoms with Gasteiger partial charge in [0.15, 0.2) is 11.5 Å². The molecule has 0 spiro atoms. The van der Waals surface area contributed by atoms with Crippen molar-refractivity contribution in [1.82, 2.24) is 0 Å². The Balaban J connectivity index is 1.83. The summed E-state index contributed by atoms with van der Waals surface area (Å²) in [5, 5.41) is 13.7. The maximum atomic E-state index is 13.0. The van der Waals surface area contributed by atoms with Crippen molar-refractivity contribution < 1.29 is 28.0 Å². The molecule has 10 heteroatoms. The van der Waals surface area contributed by atoms with E-state index in [1.165, 1.54) is 30.3 Å². The summed E-state index contributed by atoms with van der Waals surface area (Å²) in [5.74, 6) is -1.01. The number of alkyl halides is 2. The zero-order valence-electron chi connectivity index (χ0n) is 13.7. The molecule has 8 nitrogen and oxygen atoms in total. The molecule has 26 heavy (non-hydrogen) atoms. The van der Waals surface area contributed by atoms with Crippen molar-refractivity contribution >= 4 is 23.0 Å². The van der Waals surface area contributed by atoms with Crippen molar-refractivity contribution in [2.45, 2.75) is 6.29 Å². The van der Waals surface area contributed by atoms with E-state index in [0.717, 1.165) is 6.07 Å². The van der Waals surface area contributed by atoms with Crippen LogP contribution in [-0.4, -0.2) is 31.2 Å². The minimum Gasteiger partial charge on any atom is -0.395 e. The number of hydrogen-bond acceptors (Lipinski definition) is 6. The second-order valence-electron chi connectivity index (χ2n) is 5.64. The highest BCUT2D eigenvalue weighted by atomic mass is 19.3. The van der Waals surface area contributed by atoms with Gasteiger partial charge in [-0.2, -0.15) is 0 Å². The standard InChI is InChI=1S/C16H13F2N3O5/c1-20(2)11-5-3-9(7-12(11)21(23)24)15(22)19-10-4-6-13-14(8-10)26-16(17,18)25-13/h3-8H,1-2H3,(H,19,22). The van der Waals surface area contributed by atoms with Gasteiger partial charge in [0.1, 0.15) is 5.69 Å². The van der Waals surface area contributed by atoms with Gasteiger partial charge in [-0.05, 0) is 24.3 Å². The van der Waals surface area contributed by atoms with Crippen LogP contribution in [-0.2, 0) is 0 Å². The van der Waals surface area contributed by atoms with Gasteiger partial charge in [-0.25, -0.2) is 0 Å². The van der Waals surface area contributed by atoms with Crippen molar-refractivity contribution in [3.63, 3.8) is 0 Å². The number of benzene rings is 2. The first-order valence-corrected chi connectivity index (χ1v) is 7.33. The van der Waals surface area contributed by atoms with E-state index in [0.29, 0.717) is 5.69 Å². The Morgan fingerprint density at radius 2 is 1.85 bits per heavy atom. The SMILES string of the molecule is CN(C)c1ccc(C(=O)Nc2ccc3c(c2)OC(F)(F)O3)cc1[N+](=O)[O-]. The van der Waals surface area contributed by atoms with Crippen molar-refractivity contribution in [2.24, 2.45) is 0 Å². The van der Waals surface area contributed by atoms with Gasteiger partial charge in [-0.3, -0.25) is 14.9 Å². The minimum absolute atomic E-state index is 0.0466. The Bertz CT molecular complexity index is 901. The average Bonchev–Trinajstić information content (AvgIpc) is 2.87. The van der Waals surface area contributed by atoms with Crippen molar-refractivity contribution in [3.05, 3.63) is 52.1 Å². The van der Waals surface area contributed by atoms with Crippen LogP contribution < -0.4 is 19.7 Å². The van der Waals surface area contributed by atoms with Crippen LogP contribution in [0.5, 0.6) is 11.5 Å². The third-order valence-electron chi connectivity index (χ3n) is 3.58. The number of nitrogens with zero attached hydrogens (tertiary/aromatic N) is 2. The van der Waals surface area contributed by atoms with Crippen molar-refractivity contribution in [3.8, 4) is 11.5 Å². The molecule has 136 valence electrons. The number of carbonyl (C=O) groups is 1. The highest BCUT2D eigenvalue weighted by Crippen LogP contribution is 2.42. The molecular weight excluding hydrogens is 352 g/mol. The highest BCUT2D eigenvalue weighted by molar-refractivity contribution is 6.05. The van der Waals surface area contributed by atoms with Gasteiger partial charge in [0.05, 0.1) is 4.92 Å². The van der Waals surface area contributed by atoms with Crippen LogP contribution in [0.2, 0.25) is 0 Å². The molecule has 0 fully saturated rings. The number of nitro groups is 1. The van der Waals surface area contributed by atoms with E-state index in [2.05, 4.69) is 14.8 Å². The summed E-state index contributed by atoms with van der Waals surface area (Å²) < 4.78 is 34.6. The zero-order chi connectivity index (χ0) is 19.1. The molecule has 1 heterocycles. The van der Waals surface area contributed by atoms with E-state index >= 15 is 0 Å². The summed E-state index contributed by atoms with van der Waals surface area (Å²) >= 11 is 0. The molecule has 0 atom stereocenters. The molecule has 1 amide bonds. The molecule has 0 saturated heterocycles. The molecule has 0 radical (unpaired) electrons. The van der Waals surface area contributed by atoms with Crippen molar-refractivity contribution in [2.75, 3.05) is 24.3 Å². The van der Waals surface area contributed by atoms with Crippen LogP contribution in [0.25, 0.3) is 0 Å². The topological polar surface area (TPSA) is 93.9 Å². The Labute approximate surface area is 146 Å². The number of carbonyl (C=O) groups excluding carboxylic acids is 1. The van der Waals surface area contributed by atoms with Gasteiger partial charge in [0.25, 0.3) is 11.6 Å². The summed E-state index contributed by atoms with van der Waals surface area (Å²) in [6.45, 7) is 0. The van der Waals surface area contributed by atoms with E-state index in [1.807, 2.05) is 0 Å². The summed E-state index contributed by atoms with van der Waals surface area (Å²) in [6.07, 6.45) is -3.76. The van der Waals surface area contributed by atoms with E-state index in [4.69, 9.17) is 0 Å². The lowest BCUT2D eigenvalue weighted by Crippen LogP contribution is -2.25. The third kappa shape index (κ3) is 3.34. The lowest BCUT2D eigenvalue weighted by atomic mass is 10.1.